The van der Waals surface area contributed by atoms with Gasteiger partial charge in [0, 0.05) is 36.8 Å². The van der Waals surface area contributed by atoms with Gasteiger partial charge < -0.3 is 19.9 Å². The standard InChI is InChI=1S/C20H17N5O4S/c1-25-8-11(6-21)17-16(19(25)27)14(9-30-17)23-13-5-15(24-18(26)10-3-4-10)22-7-12(13)20(28)29-2/h5,7-10H,3-4H2,1-2H3,(H2,22,23,24,26). The van der Waals surface area contributed by atoms with Crippen molar-refractivity contribution in [3.63, 3.8) is 0 Å². The zero-order chi connectivity index (χ0) is 21.4. The first-order chi connectivity index (χ1) is 14.4. The Labute approximate surface area is 174 Å². The van der Waals surface area contributed by atoms with Gasteiger partial charge in [0.2, 0.25) is 5.91 Å². The van der Waals surface area contributed by atoms with Crippen LogP contribution in [0.3, 0.4) is 0 Å². The molecule has 3 aromatic heterocycles. The van der Waals surface area contributed by atoms with Gasteiger partial charge in [-0.05, 0) is 12.8 Å². The Balaban J connectivity index is 1.78. The van der Waals surface area contributed by atoms with Gasteiger partial charge in [-0.1, -0.05) is 0 Å². The molecule has 152 valence electrons. The smallest absolute Gasteiger partial charge is 0.341 e. The molecule has 2 N–H and O–H groups in total. The molecule has 10 heteroatoms. The summed E-state index contributed by atoms with van der Waals surface area (Å²) in [5, 5.41) is 17.3. The second-order valence-electron chi connectivity index (χ2n) is 6.92. The molecule has 1 saturated carbocycles. The number of pyridine rings is 2. The van der Waals surface area contributed by atoms with Gasteiger partial charge in [0.15, 0.2) is 0 Å². The van der Waals surface area contributed by atoms with E-state index < -0.39 is 5.97 Å². The summed E-state index contributed by atoms with van der Waals surface area (Å²) in [5.41, 5.74) is 1.03. The average Bonchev–Trinajstić information content (AvgIpc) is 3.51. The van der Waals surface area contributed by atoms with Gasteiger partial charge in [-0.2, -0.15) is 5.26 Å². The summed E-state index contributed by atoms with van der Waals surface area (Å²) in [5.74, 6) is -0.452. The minimum absolute atomic E-state index is 0.00302. The van der Waals surface area contributed by atoms with Crippen molar-refractivity contribution in [2.45, 2.75) is 12.8 Å². The van der Waals surface area contributed by atoms with Crippen LogP contribution in [0.5, 0.6) is 0 Å². The van der Waals surface area contributed by atoms with E-state index in [1.807, 2.05) is 0 Å². The Bertz CT molecular complexity index is 1280. The molecule has 3 aromatic rings. The van der Waals surface area contributed by atoms with Crippen LogP contribution in [0.4, 0.5) is 17.2 Å². The van der Waals surface area contributed by atoms with Crippen LogP contribution in [0.25, 0.3) is 10.1 Å². The van der Waals surface area contributed by atoms with Gasteiger partial charge in [-0.3, -0.25) is 9.59 Å². The van der Waals surface area contributed by atoms with Crippen molar-refractivity contribution in [3.8, 4) is 6.07 Å². The van der Waals surface area contributed by atoms with Crippen LogP contribution in [-0.2, 0) is 16.6 Å². The van der Waals surface area contributed by atoms with Crippen molar-refractivity contribution in [3.05, 3.63) is 45.3 Å². The average molecular weight is 423 g/mol. The molecular formula is C20H17N5O4S. The molecule has 1 amide bonds. The Morgan fingerprint density at radius 3 is 2.80 bits per heavy atom. The topological polar surface area (TPSA) is 126 Å². The van der Waals surface area contributed by atoms with Gasteiger partial charge in [-0.15, -0.1) is 11.3 Å². The lowest BCUT2D eigenvalue weighted by atomic mass is 10.2. The number of anilines is 3. The molecule has 3 heterocycles. The number of aromatic nitrogens is 2. The molecule has 0 aliphatic heterocycles. The summed E-state index contributed by atoms with van der Waals surface area (Å²) in [6.45, 7) is 0. The van der Waals surface area contributed by atoms with Crippen LogP contribution in [-0.4, -0.2) is 28.5 Å². The number of carbonyl (C=O) groups is 2. The number of hydrogen-bond acceptors (Lipinski definition) is 8. The van der Waals surface area contributed by atoms with E-state index >= 15 is 0 Å². The van der Waals surface area contributed by atoms with Crippen LogP contribution in [0.15, 0.2) is 28.6 Å². The summed E-state index contributed by atoms with van der Waals surface area (Å²) < 4.78 is 6.72. The zero-order valence-corrected chi connectivity index (χ0v) is 17.0. The highest BCUT2D eigenvalue weighted by atomic mass is 32.1. The van der Waals surface area contributed by atoms with Gasteiger partial charge >= 0.3 is 5.97 Å². The molecule has 0 bridgehead atoms. The van der Waals surface area contributed by atoms with E-state index in [2.05, 4.69) is 21.7 Å². The summed E-state index contributed by atoms with van der Waals surface area (Å²) in [6.07, 6.45) is 4.50. The van der Waals surface area contributed by atoms with Crippen LogP contribution < -0.4 is 16.2 Å². The molecule has 9 nitrogen and oxygen atoms in total. The first-order valence-electron chi connectivity index (χ1n) is 9.10. The molecular weight excluding hydrogens is 406 g/mol. The molecule has 0 unspecified atom stereocenters. The highest BCUT2D eigenvalue weighted by Gasteiger charge is 2.30. The van der Waals surface area contributed by atoms with Crippen LogP contribution in [0.2, 0.25) is 0 Å². The van der Waals surface area contributed by atoms with Crippen molar-refractivity contribution in [1.29, 1.82) is 5.26 Å². The number of methoxy groups -OCH3 is 1. The van der Waals surface area contributed by atoms with Crippen molar-refractivity contribution in [1.82, 2.24) is 9.55 Å². The zero-order valence-electron chi connectivity index (χ0n) is 16.2. The number of fused-ring (bicyclic) bond motifs is 1. The predicted octanol–water partition coefficient (Wildman–Crippen LogP) is 2.75. The molecule has 1 aliphatic rings. The number of nitrogens with zero attached hydrogens (tertiary/aromatic N) is 3. The predicted molar refractivity (Wildman–Crippen MR) is 112 cm³/mol. The molecule has 4 rings (SSSR count). The highest BCUT2D eigenvalue weighted by Crippen LogP contribution is 2.34. The highest BCUT2D eigenvalue weighted by molar-refractivity contribution is 7.18. The first-order valence-corrected chi connectivity index (χ1v) is 9.98. The lowest BCUT2D eigenvalue weighted by Crippen LogP contribution is -2.17. The molecule has 0 saturated heterocycles. The minimum Gasteiger partial charge on any atom is -0.465 e. The third-order valence-corrected chi connectivity index (χ3v) is 5.80. The number of ether oxygens (including phenoxy) is 1. The minimum atomic E-state index is -0.616. The normalized spacial score (nSPS) is 13.0. The molecule has 0 spiro atoms. The monoisotopic (exact) mass is 423 g/mol. The van der Waals surface area contributed by atoms with Crippen LogP contribution in [0.1, 0.15) is 28.8 Å². The summed E-state index contributed by atoms with van der Waals surface area (Å²) in [4.78, 5) is 41.1. The lowest BCUT2D eigenvalue weighted by molar-refractivity contribution is -0.117. The quantitative estimate of drug-likeness (QED) is 0.604. The third kappa shape index (κ3) is 3.51. The van der Waals surface area contributed by atoms with Crippen LogP contribution >= 0.6 is 11.3 Å². The number of esters is 1. The van der Waals surface area contributed by atoms with Gasteiger partial charge in [0.1, 0.15) is 17.5 Å². The van der Waals surface area contributed by atoms with Gasteiger partial charge in [-0.25, -0.2) is 9.78 Å². The van der Waals surface area contributed by atoms with E-state index in [0.29, 0.717) is 27.0 Å². The number of nitrogens with one attached hydrogen (secondary N) is 2. The fourth-order valence-electron chi connectivity index (χ4n) is 3.05. The number of rotatable bonds is 5. The number of thiophene rings is 1. The van der Waals surface area contributed by atoms with E-state index in [0.717, 1.165) is 12.8 Å². The van der Waals surface area contributed by atoms with E-state index in [1.54, 1.807) is 12.4 Å². The number of carbonyl (C=O) groups excluding carboxylic acids is 2. The Morgan fingerprint density at radius 1 is 1.37 bits per heavy atom. The first kappa shape index (κ1) is 19.6. The van der Waals surface area contributed by atoms with E-state index in [-0.39, 0.29) is 28.8 Å². The van der Waals surface area contributed by atoms with Crippen molar-refractivity contribution < 1.29 is 14.3 Å². The Kier molecular flexibility index (Phi) is 4.97. The molecule has 0 radical (unpaired) electrons. The fourth-order valence-corrected chi connectivity index (χ4v) is 4.00. The summed E-state index contributed by atoms with van der Waals surface area (Å²) in [7, 11) is 2.83. The summed E-state index contributed by atoms with van der Waals surface area (Å²) >= 11 is 1.25. The number of aryl methyl sites for hydroxylation is 1. The molecule has 1 fully saturated rings. The van der Waals surface area contributed by atoms with Gasteiger partial charge in [0.25, 0.3) is 5.56 Å². The van der Waals surface area contributed by atoms with Gasteiger partial charge in [0.05, 0.1) is 34.1 Å². The second kappa shape index (κ2) is 7.61. The lowest BCUT2D eigenvalue weighted by Gasteiger charge is -2.12. The molecule has 0 atom stereocenters. The Morgan fingerprint density at radius 2 is 2.13 bits per heavy atom. The SMILES string of the molecule is COC(=O)c1cnc(NC(=O)C2CC2)cc1Nc1csc2c(C#N)cn(C)c(=O)c12. The Hall–Kier alpha value is -3.71. The second-order valence-corrected chi connectivity index (χ2v) is 7.80. The van der Waals surface area contributed by atoms with Crippen molar-refractivity contribution in [2.75, 3.05) is 17.7 Å². The number of hydrogen-bond donors (Lipinski definition) is 2. The maximum atomic E-state index is 12.7. The fraction of sp³-hybridized carbons (Fsp3) is 0.250. The third-order valence-electron chi connectivity index (χ3n) is 4.79. The molecule has 0 aromatic carbocycles. The maximum Gasteiger partial charge on any atom is 0.341 e. The largest absolute Gasteiger partial charge is 0.465 e. The maximum absolute atomic E-state index is 12.7. The van der Waals surface area contributed by atoms with E-state index in [4.69, 9.17) is 4.74 Å². The molecule has 1 aliphatic carbocycles. The van der Waals surface area contributed by atoms with Crippen molar-refractivity contribution >= 4 is 50.5 Å². The van der Waals surface area contributed by atoms with E-state index in [9.17, 15) is 19.6 Å². The van der Waals surface area contributed by atoms with E-state index in [1.165, 1.54) is 41.5 Å². The number of amides is 1. The van der Waals surface area contributed by atoms with Crippen LogP contribution in [0, 0.1) is 17.2 Å². The number of nitriles is 1. The van der Waals surface area contributed by atoms with Crippen molar-refractivity contribution in [2.24, 2.45) is 13.0 Å². The summed E-state index contributed by atoms with van der Waals surface area (Å²) in [6, 6.07) is 3.61. The molecule has 30 heavy (non-hydrogen) atoms.